The SMILES string of the molecule is CCCC(NC(=O)c1ccc(C)cc1Br)C(N)=S. The topological polar surface area (TPSA) is 55.1 Å². The number of carbonyl (C=O) groups is 1. The number of hydrogen-bond acceptors (Lipinski definition) is 2. The zero-order valence-electron chi connectivity index (χ0n) is 10.5. The molecule has 1 unspecified atom stereocenters. The molecule has 1 atom stereocenters. The van der Waals surface area contributed by atoms with Crippen molar-refractivity contribution >= 4 is 39.0 Å². The number of rotatable bonds is 5. The third-order valence-electron chi connectivity index (χ3n) is 2.60. The predicted octanol–water partition coefficient (Wildman–Crippen LogP) is 2.94. The van der Waals surface area contributed by atoms with E-state index in [1.54, 1.807) is 6.07 Å². The summed E-state index contributed by atoms with van der Waals surface area (Å²) in [7, 11) is 0. The van der Waals surface area contributed by atoms with E-state index in [9.17, 15) is 4.79 Å². The fraction of sp³-hybridized carbons (Fsp3) is 0.385. The van der Waals surface area contributed by atoms with E-state index >= 15 is 0 Å². The van der Waals surface area contributed by atoms with Gasteiger partial charge in [0.05, 0.1) is 16.6 Å². The Morgan fingerprint density at radius 3 is 2.72 bits per heavy atom. The molecule has 18 heavy (non-hydrogen) atoms. The van der Waals surface area contributed by atoms with Gasteiger partial charge in [0.1, 0.15) is 0 Å². The average molecular weight is 329 g/mol. The van der Waals surface area contributed by atoms with Gasteiger partial charge in [-0.2, -0.15) is 0 Å². The summed E-state index contributed by atoms with van der Waals surface area (Å²) >= 11 is 8.34. The fourth-order valence-electron chi connectivity index (χ4n) is 1.61. The number of hydrogen-bond donors (Lipinski definition) is 2. The average Bonchev–Trinajstić information content (AvgIpc) is 2.27. The Morgan fingerprint density at radius 1 is 1.56 bits per heavy atom. The van der Waals surface area contributed by atoms with Crippen LogP contribution in [-0.2, 0) is 0 Å². The third kappa shape index (κ3) is 4.07. The summed E-state index contributed by atoms with van der Waals surface area (Å²) in [5.74, 6) is -0.159. The summed E-state index contributed by atoms with van der Waals surface area (Å²) in [6.45, 7) is 4.00. The van der Waals surface area contributed by atoms with Gasteiger partial charge in [0.15, 0.2) is 0 Å². The molecule has 0 aliphatic heterocycles. The number of thiocarbonyl (C=S) groups is 1. The Bertz CT molecular complexity index is 462. The molecule has 1 aromatic rings. The van der Waals surface area contributed by atoms with Crippen molar-refractivity contribution in [1.29, 1.82) is 0 Å². The van der Waals surface area contributed by atoms with Gasteiger partial charge >= 0.3 is 0 Å². The van der Waals surface area contributed by atoms with Crippen LogP contribution in [-0.4, -0.2) is 16.9 Å². The van der Waals surface area contributed by atoms with Gasteiger partial charge < -0.3 is 11.1 Å². The fourth-order valence-corrected chi connectivity index (χ4v) is 2.46. The second-order valence-electron chi connectivity index (χ2n) is 4.20. The van der Waals surface area contributed by atoms with Crippen molar-refractivity contribution in [2.75, 3.05) is 0 Å². The molecule has 0 aliphatic rings. The molecule has 0 spiro atoms. The van der Waals surface area contributed by atoms with Gasteiger partial charge in [0.25, 0.3) is 5.91 Å². The molecule has 3 N–H and O–H groups in total. The maximum Gasteiger partial charge on any atom is 0.252 e. The van der Waals surface area contributed by atoms with E-state index in [1.807, 2.05) is 26.0 Å². The lowest BCUT2D eigenvalue weighted by atomic mass is 10.1. The second-order valence-corrected chi connectivity index (χ2v) is 5.53. The van der Waals surface area contributed by atoms with Crippen LogP contribution in [0.2, 0.25) is 0 Å². The summed E-state index contributed by atoms with van der Waals surface area (Å²) in [6.07, 6.45) is 1.67. The van der Waals surface area contributed by atoms with E-state index in [0.29, 0.717) is 10.6 Å². The minimum absolute atomic E-state index is 0.159. The molecule has 0 fully saturated rings. The Labute approximate surface area is 121 Å². The molecule has 98 valence electrons. The van der Waals surface area contributed by atoms with Gasteiger partial charge in [-0.25, -0.2) is 0 Å². The molecule has 0 heterocycles. The van der Waals surface area contributed by atoms with Crippen LogP contribution in [0.25, 0.3) is 0 Å². The third-order valence-corrected chi connectivity index (χ3v) is 3.54. The van der Waals surface area contributed by atoms with Crippen molar-refractivity contribution < 1.29 is 4.79 Å². The number of amides is 1. The predicted molar refractivity (Wildman–Crippen MR) is 81.8 cm³/mol. The van der Waals surface area contributed by atoms with Crippen LogP contribution in [0, 0.1) is 6.92 Å². The number of nitrogens with one attached hydrogen (secondary N) is 1. The van der Waals surface area contributed by atoms with Crippen LogP contribution in [0.1, 0.15) is 35.7 Å². The molecule has 3 nitrogen and oxygen atoms in total. The minimum Gasteiger partial charge on any atom is -0.392 e. The van der Waals surface area contributed by atoms with Crippen LogP contribution in [0.15, 0.2) is 22.7 Å². The largest absolute Gasteiger partial charge is 0.392 e. The lowest BCUT2D eigenvalue weighted by Gasteiger charge is -2.17. The monoisotopic (exact) mass is 328 g/mol. The minimum atomic E-state index is -0.245. The highest BCUT2D eigenvalue weighted by atomic mass is 79.9. The van der Waals surface area contributed by atoms with Crippen molar-refractivity contribution in [1.82, 2.24) is 5.32 Å². The molecule has 0 aliphatic carbocycles. The first kappa shape index (κ1) is 15.1. The molecule has 0 radical (unpaired) electrons. The highest BCUT2D eigenvalue weighted by Crippen LogP contribution is 2.18. The van der Waals surface area contributed by atoms with Crippen molar-refractivity contribution in [2.45, 2.75) is 32.7 Å². The van der Waals surface area contributed by atoms with Crippen molar-refractivity contribution in [3.05, 3.63) is 33.8 Å². The first-order valence-electron chi connectivity index (χ1n) is 5.82. The normalized spacial score (nSPS) is 11.9. The van der Waals surface area contributed by atoms with E-state index < -0.39 is 0 Å². The lowest BCUT2D eigenvalue weighted by Crippen LogP contribution is -2.43. The number of carbonyl (C=O) groups excluding carboxylic acids is 1. The highest BCUT2D eigenvalue weighted by molar-refractivity contribution is 9.10. The smallest absolute Gasteiger partial charge is 0.252 e. The molecule has 5 heteroatoms. The van der Waals surface area contributed by atoms with Gasteiger partial charge in [0.2, 0.25) is 0 Å². The van der Waals surface area contributed by atoms with Crippen molar-refractivity contribution in [3.8, 4) is 0 Å². The van der Waals surface area contributed by atoms with Gasteiger partial charge in [-0.05, 0) is 47.0 Å². The van der Waals surface area contributed by atoms with Crippen LogP contribution < -0.4 is 11.1 Å². The molecule has 1 aromatic carbocycles. The Balaban J connectivity index is 2.83. The molecule has 1 rings (SSSR count). The maximum atomic E-state index is 12.1. The van der Waals surface area contributed by atoms with Gasteiger partial charge in [-0.1, -0.05) is 31.6 Å². The van der Waals surface area contributed by atoms with Gasteiger partial charge in [-0.15, -0.1) is 0 Å². The maximum absolute atomic E-state index is 12.1. The number of nitrogens with two attached hydrogens (primary N) is 1. The number of aryl methyl sites for hydroxylation is 1. The summed E-state index contributed by atoms with van der Waals surface area (Å²) in [4.78, 5) is 12.4. The Hall–Kier alpha value is -0.940. The van der Waals surface area contributed by atoms with Crippen molar-refractivity contribution in [3.63, 3.8) is 0 Å². The van der Waals surface area contributed by atoms with E-state index in [1.165, 1.54) is 0 Å². The number of benzene rings is 1. The molecular weight excluding hydrogens is 312 g/mol. The zero-order chi connectivity index (χ0) is 13.7. The van der Waals surface area contributed by atoms with E-state index in [-0.39, 0.29) is 11.9 Å². The van der Waals surface area contributed by atoms with Gasteiger partial charge in [0, 0.05) is 4.47 Å². The quantitative estimate of drug-likeness (QED) is 0.817. The first-order valence-corrected chi connectivity index (χ1v) is 7.02. The molecule has 0 saturated heterocycles. The van der Waals surface area contributed by atoms with Crippen LogP contribution in [0.4, 0.5) is 0 Å². The summed E-state index contributed by atoms with van der Waals surface area (Å²) < 4.78 is 0.776. The molecule has 0 bridgehead atoms. The Kier molecular flexibility index (Phi) is 5.75. The first-order chi connectivity index (χ1) is 8.45. The van der Waals surface area contributed by atoms with Crippen LogP contribution >= 0.6 is 28.1 Å². The number of halogens is 1. The Morgan fingerprint density at radius 2 is 2.22 bits per heavy atom. The molecule has 0 saturated carbocycles. The zero-order valence-corrected chi connectivity index (χ0v) is 12.9. The molecule has 0 aromatic heterocycles. The summed E-state index contributed by atoms with van der Waals surface area (Å²) in [6, 6.07) is 5.35. The standard InChI is InChI=1S/C13H17BrN2OS/c1-3-4-11(12(15)18)16-13(17)9-6-5-8(2)7-10(9)14/h5-7,11H,3-4H2,1-2H3,(H2,15,18)(H,16,17). The highest BCUT2D eigenvalue weighted by Gasteiger charge is 2.17. The van der Waals surface area contributed by atoms with E-state index in [0.717, 1.165) is 22.9 Å². The van der Waals surface area contributed by atoms with E-state index in [4.69, 9.17) is 18.0 Å². The lowest BCUT2D eigenvalue weighted by molar-refractivity contribution is 0.0945. The molecule has 1 amide bonds. The molecular formula is C13H17BrN2OS. The van der Waals surface area contributed by atoms with Crippen molar-refractivity contribution in [2.24, 2.45) is 5.73 Å². The summed E-state index contributed by atoms with van der Waals surface area (Å²) in [5, 5.41) is 2.86. The second kappa shape index (κ2) is 6.85. The van der Waals surface area contributed by atoms with E-state index in [2.05, 4.69) is 21.2 Å². The summed E-state index contributed by atoms with van der Waals surface area (Å²) in [5.41, 5.74) is 7.31. The van der Waals surface area contributed by atoms with Crippen LogP contribution in [0.5, 0.6) is 0 Å². The van der Waals surface area contributed by atoms with Gasteiger partial charge in [-0.3, -0.25) is 4.79 Å². The van der Waals surface area contributed by atoms with Crippen LogP contribution in [0.3, 0.4) is 0 Å².